The van der Waals surface area contributed by atoms with Crippen LogP contribution in [0, 0.1) is 5.92 Å². The first kappa shape index (κ1) is 15.3. The lowest BCUT2D eigenvalue weighted by Gasteiger charge is -2.10. The number of aliphatic hydroxyl groups is 1. The van der Waals surface area contributed by atoms with Crippen molar-refractivity contribution in [1.82, 2.24) is 5.32 Å². The number of benzene rings is 1. The van der Waals surface area contributed by atoms with Gasteiger partial charge in [0.25, 0.3) is 5.91 Å². The van der Waals surface area contributed by atoms with Gasteiger partial charge in [0, 0.05) is 13.2 Å². The molecule has 5 heteroatoms. The van der Waals surface area contributed by atoms with E-state index in [4.69, 9.17) is 14.6 Å². The first-order valence-corrected chi connectivity index (χ1v) is 6.39. The summed E-state index contributed by atoms with van der Waals surface area (Å²) in [5.74, 6) is 1.24. The summed E-state index contributed by atoms with van der Waals surface area (Å²) >= 11 is 0. The summed E-state index contributed by atoms with van der Waals surface area (Å²) in [6.45, 7) is 4.86. The molecule has 1 unspecified atom stereocenters. The molecule has 0 saturated heterocycles. The third kappa shape index (κ3) is 6.10. The van der Waals surface area contributed by atoms with E-state index in [1.54, 1.807) is 24.3 Å². The highest BCUT2D eigenvalue weighted by atomic mass is 16.5. The smallest absolute Gasteiger partial charge is 0.257 e. The molecule has 0 aliphatic heterocycles. The van der Waals surface area contributed by atoms with Gasteiger partial charge in [-0.15, -0.1) is 0 Å². The molecule has 19 heavy (non-hydrogen) atoms. The van der Waals surface area contributed by atoms with Crippen LogP contribution in [0.3, 0.4) is 0 Å². The average molecular weight is 267 g/mol. The minimum atomic E-state index is -0.200. The first-order valence-electron chi connectivity index (χ1n) is 6.39. The Bertz CT molecular complexity index is 378. The molecule has 0 aromatic heterocycles. The minimum absolute atomic E-state index is 0.0356. The van der Waals surface area contributed by atoms with E-state index in [0.29, 0.717) is 18.9 Å². The van der Waals surface area contributed by atoms with E-state index in [1.807, 2.05) is 13.8 Å². The van der Waals surface area contributed by atoms with Crippen molar-refractivity contribution in [2.24, 2.45) is 5.92 Å². The van der Waals surface area contributed by atoms with Gasteiger partial charge < -0.3 is 19.9 Å². The number of nitrogens with one attached hydrogen (secondary N) is 1. The van der Waals surface area contributed by atoms with Gasteiger partial charge in [-0.05, 0) is 37.1 Å². The zero-order valence-electron chi connectivity index (χ0n) is 11.4. The number of carbonyl (C=O) groups excluding carboxylic acids is 1. The molecule has 0 bridgehead atoms. The van der Waals surface area contributed by atoms with E-state index in [-0.39, 0.29) is 25.0 Å². The van der Waals surface area contributed by atoms with Crippen LogP contribution < -0.4 is 14.8 Å². The Hall–Kier alpha value is -1.75. The highest BCUT2D eigenvalue weighted by Gasteiger charge is 2.05. The molecule has 0 spiro atoms. The maximum atomic E-state index is 11.5. The van der Waals surface area contributed by atoms with E-state index in [1.165, 1.54) is 0 Å². The number of aliphatic hydroxyl groups excluding tert-OH is 1. The molecule has 1 aromatic carbocycles. The number of ether oxygens (including phenoxy) is 2. The van der Waals surface area contributed by atoms with Crippen LogP contribution in [-0.4, -0.2) is 37.4 Å². The minimum Gasteiger partial charge on any atom is -0.494 e. The largest absolute Gasteiger partial charge is 0.494 e. The Balaban J connectivity index is 2.29. The highest BCUT2D eigenvalue weighted by Crippen LogP contribution is 2.17. The molecule has 0 fully saturated rings. The van der Waals surface area contributed by atoms with Gasteiger partial charge in [0.05, 0.1) is 6.61 Å². The first-order chi connectivity index (χ1) is 9.15. The fourth-order valence-corrected chi connectivity index (χ4v) is 1.35. The molecule has 1 rings (SSSR count). The van der Waals surface area contributed by atoms with Crippen LogP contribution in [0.15, 0.2) is 24.3 Å². The molecule has 0 heterocycles. The number of hydrogen-bond acceptors (Lipinski definition) is 4. The second-order valence-corrected chi connectivity index (χ2v) is 4.28. The molecule has 1 amide bonds. The van der Waals surface area contributed by atoms with Crippen LogP contribution in [0.4, 0.5) is 0 Å². The van der Waals surface area contributed by atoms with Crippen molar-refractivity contribution in [3.05, 3.63) is 24.3 Å². The molecule has 0 aliphatic carbocycles. The van der Waals surface area contributed by atoms with E-state index in [9.17, 15) is 4.79 Å². The number of amides is 1. The van der Waals surface area contributed by atoms with Crippen LogP contribution in [0.5, 0.6) is 11.5 Å². The van der Waals surface area contributed by atoms with E-state index >= 15 is 0 Å². The lowest BCUT2D eigenvalue weighted by atomic mass is 10.2. The number of hydrogen-bond donors (Lipinski definition) is 2. The summed E-state index contributed by atoms with van der Waals surface area (Å²) < 4.78 is 10.6. The summed E-state index contributed by atoms with van der Waals surface area (Å²) in [4.78, 5) is 11.5. The van der Waals surface area contributed by atoms with Crippen LogP contribution in [0.2, 0.25) is 0 Å². The van der Waals surface area contributed by atoms with Gasteiger partial charge in [-0.25, -0.2) is 0 Å². The van der Waals surface area contributed by atoms with Crippen molar-refractivity contribution in [2.45, 2.75) is 13.8 Å². The Labute approximate surface area is 113 Å². The third-order valence-electron chi connectivity index (χ3n) is 2.46. The second-order valence-electron chi connectivity index (χ2n) is 4.28. The molecule has 2 N–H and O–H groups in total. The third-order valence-corrected chi connectivity index (χ3v) is 2.46. The zero-order valence-corrected chi connectivity index (χ0v) is 11.4. The Morgan fingerprint density at radius 1 is 1.26 bits per heavy atom. The maximum absolute atomic E-state index is 11.5. The Morgan fingerprint density at radius 3 is 2.37 bits per heavy atom. The van der Waals surface area contributed by atoms with E-state index < -0.39 is 0 Å². The molecule has 106 valence electrons. The van der Waals surface area contributed by atoms with Crippen LogP contribution in [0.25, 0.3) is 0 Å². The molecule has 0 aliphatic rings. The average Bonchev–Trinajstić information content (AvgIpc) is 2.44. The lowest BCUT2D eigenvalue weighted by molar-refractivity contribution is -0.123. The monoisotopic (exact) mass is 267 g/mol. The topological polar surface area (TPSA) is 67.8 Å². The molecular weight excluding hydrogens is 246 g/mol. The molecule has 1 atom stereocenters. The van der Waals surface area contributed by atoms with Crippen molar-refractivity contribution in [3.63, 3.8) is 0 Å². The fraction of sp³-hybridized carbons (Fsp3) is 0.500. The molecule has 1 aromatic rings. The van der Waals surface area contributed by atoms with E-state index in [2.05, 4.69) is 5.32 Å². The summed E-state index contributed by atoms with van der Waals surface area (Å²) in [5, 5.41) is 11.5. The number of carbonyl (C=O) groups is 1. The van der Waals surface area contributed by atoms with E-state index in [0.717, 1.165) is 5.75 Å². The molecular formula is C14H21NO4. The summed E-state index contributed by atoms with van der Waals surface area (Å²) in [6, 6.07) is 7.11. The molecule has 0 saturated carbocycles. The maximum Gasteiger partial charge on any atom is 0.257 e. The van der Waals surface area contributed by atoms with Gasteiger partial charge >= 0.3 is 0 Å². The van der Waals surface area contributed by atoms with Crippen molar-refractivity contribution >= 4 is 5.91 Å². The standard InChI is InChI=1S/C14H21NO4/c1-3-18-12-4-6-13(7-5-12)19-10-14(17)15-8-11(2)9-16/h4-7,11,16H,3,8-10H2,1-2H3,(H,15,17). The quantitative estimate of drug-likeness (QED) is 0.743. The van der Waals surface area contributed by atoms with Gasteiger partial charge in [-0.1, -0.05) is 6.92 Å². The van der Waals surface area contributed by atoms with Gasteiger partial charge in [0.2, 0.25) is 0 Å². The van der Waals surface area contributed by atoms with Gasteiger partial charge in [0.15, 0.2) is 6.61 Å². The fourth-order valence-electron chi connectivity index (χ4n) is 1.35. The summed E-state index contributed by atoms with van der Waals surface area (Å²) in [5.41, 5.74) is 0. The lowest BCUT2D eigenvalue weighted by Crippen LogP contribution is -2.33. The highest BCUT2D eigenvalue weighted by molar-refractivity contribution is 5.77. The predicted molar refractivity (Wildman–Crippen MR) is 72.4 cm³/mol. The summed E-state index contributed by atoms with van der Waals surface area (Å²) in [6.07, 6.45) is 0. The Morgan fingerprint density at radius 2 is 1.84 bits per heavy atom. The molecule has 5 nitrogen and oxygen atoms in total. The van der Waals surface area contributed by atoms with Gasteiger partial charge in [0.1, 0.15) is 11.5 Å². The molecule has 0 radical (unpaired) electrons. The van der Waals surface area contributed by atoms with Crippen molar-refractivity contribution in [2.75, 3.05) is 26.4 Å². The van der Waals surface area contributed by atoms with Crippen LogP contribution in [0.1, 0.15) is 13.8 Å². The second kappa shape index (κ2) is 8.37. The normalized spacial score (nSPS) is 11.7. The van der Waals surface area contributed by atoms with Gasteiger partial charge in [-0.2, -0.15) is 0 Å². The van der Waals surface area contributed by atoms with Crippen LogP contribution >= 0.6 is 0 Å². The number of rotatable bonds is 8. The SMILES string of the molecule is CCOc1ccc(OCC(=O)NCC(C)CO)cc1. The van der Waals surface area contributed by atoms with Crippen LogP contribution in [-0.2, 0) is 4.79 Å². The van der Waals surface area contributed by atoms with Gasteiger partial charge in [-0.3, -0.25) is 4.79 Å². The Kier molecular flexibility index (Phi) is 6.74. The summed E-state index contributed by atoms with van der Waals surface area (Å²) in [7, 11) is 0. The van der Waals surface area contributed by atoms with Crippen molar-refractivity contribution in [1.29, 1.82) is 0 Å². The van der Waals surface area contributed by atoms with Crippen molar-refractivity contribution < 1.29 is 19.4 Å². The zero-order chi connectivity index (χ0) is 14.1. The predicted octanol–water partition coefficient (Wildman–Crippen LogP) is 1.21. The van der Waals surface area contributed by atoms with Crippen molar-refractivity contribution in [3.8, 4) is 11.5 Å².